The maximum Gasteiger partial charge on any atom is 0.227 e. The fourth-order valence-electron chi connectivity index (χ4n) is 4.04. The van der Waals surface area contributed by atoms with E-state index in [1.807, 2.05) is 35.2 Å². The van der Waals surface area contributed by atoms with E-state index in [0.717, 1.165) is 55.3 Å². The molecular formula is C25H28N2O3. The number of hydrogen-bond donors (Lipinski definition) is 0. The summed E-state index contributed by atoms with van der Waals surface area (Å²) in [6, 6.07) is 20.4. The van der Waals surface area contributed by atoms with Crippen LogP contribution in [0.25, 0.3) is 10.8 Å². The van der Waals surface area contributed by atoms with Gasteiger partial charge in [-0.15, -0.1) is 0 Å². The largest absolute Gasteiger partial charge is 0.497 e. The van der Waals surface area contributed by atoms with Gasteiger partial charge in [0.2, 0.25) is 5.91 Å². The molecule has 0 spiro atoms. The van der Waals surface area contributed by atoms with E-state index in [1.165, 1.54) is 10.8 Å². The highest BCUT2D eigenvalue weighted by Crippen LogP contribution is 2.25. The number of methoxy groups -OCH3 is 2. The number of carbonyl (C=O) groups is 1. The molecule has 0 unspecified atom stereocenters. The Kier molecular flexibility index (Phi) is 6.19. The van der Waals surface area contributed by atoms with Crippen molar-refractivity contribution in [2.75, 3.05) is 40.4 Å². The number of nitrogens with zero attached hydrogens (tertiary/aromatic N) is 2. The van der Waals surface area contributed by atoms with Crippen molar-refractivity contribution < 1.29 is 14.3 Å². The van der Waals surface area contributed by atoms with Gasteiger partial charge in [0, 0.05) is 38.3 Å². The summed E-state index contributed by atoms with van der Waals surface area (Å²) in [7, 11) is 3.36. The Morgan fingerprint density at radius 2 is 1.63 bits per heavy atom. The van der Waals surface area contributed by atoms with Crippen molar-refractivity contribution in [3.63, 3.8) is 0 Å². The standard InChI is InChI=1S/C25H28N2O3/c1-29-23-9-10-24(30-2)22(17-23)18-26-11-13-27(14-12-26)25(28)16-19-7-8-20-5-3-4-6-21(20)15-19/h3-10,15,17H,11-14,16,18H2,1-2H3. The summed E-state index contributed by atoms with van der Waals surface area (Å²) in [4.78, 5) is 17.2. The van der Waals surface area contributed by atoms with Gasteiger partial charge >= 0.3 is 0 Å². The van der Waals surface area contributed by atoms with E-state index in [0.29, 0.717) is 6.42 Å². The minimum absolute atomic E-state index is 0.198. The number of ether oxygens (including phenoxy) is 2. The second-order valence-corrected chi connectivity index (χ2v) is 7.69. The lowest BCUT2D eigenvalue weighted by Crippen LogP contribution is -2.48. The normalized spacial score (nSPS) is 14.7. The van der Waals surface area contributed by atoms with Crippen molar-refractivity contribution >= 4 is 16.7 Å². The number of piperazine rings is 1. The first-order chi connectivity index (χ1) is 14.7. The third kappa shape index (κ3) is 4.57. The lowest BCUT2D eigenvalue weighted by atomic mass is 10.0. The first kappa shape index (κ1) is 20.2. The third-order valence-corrected chi connectivity index (χ3v) is 5.78. The van der Waals surface area contributed by atoms with Crippen LogP contribution >= 0.6 is 0 Å². The smallest absolute Gasteiger partial charge is 0.227 e. The molecule has 0 radical (unpaired) electrons. The third-order valence-electron chi connectivity index (χ3n) is 5.78. The zero-order valence-electron chi connectivity index (χ0n) is 17.6. The topological polar surface area (TPSA) is 42.0 Å². The van der Waals surface area contributed by atoms with Crippen LogP contribution < -0.4 is 9.47 Å². The molecular weight excluding hydrogens is 376 g/mol. The molecule has 3 aromatic carbocycles. The van der Waals surface area contributed by atoms with Gasteiger partial charge in [0.1, 0.15) is 11.5 Å². The summed E-state index contributed by atoms with van der Waals surface area (Å²) in [5.74, 6) is 1.89. The maximum absolute atomic E-state index is 12.8. The van der Waals surface area contributed by atoms with Gasteiger partial charge in [-0.05, 0) is 34.5 Å². The van der Waals surface area contributed by atoms with Gasteiger partial charge < -0.3 is 14.4 Å². The van der Waals surface area contributed by atoms with Crippen molar-refractivity contribution in [2.24, 2.45) is 0 Å². The van der Waals surface area contributed by atoms with E-state index in [2.05, 4.69) is 35.2 Å². The summed E-state index contributed by atoms with van der Waals surface area (Å²) in [6.07, 6.45) is 0.453. The molecule has 1 aliphatic heterocycles. The van der Waals surface area contributed by atoms with Crippen LogP contribution in [-0.2, 0) is 17.8 Å². The van der Waals surface area contributed by atoms with Gasteiger partial charge in [-0.3, -0.25) is 9.69 Å². The molecule has 5 nitrogen and oxygen atoms in total. The molecule has 0 saturated carbocycles. The predicted molar refractivity (Wildman–Crippen MR) is 119 cm³/mol. The van der Waals surface area contributed by atoms with Crippen LogP contribution in [0, 0.1) is 0 Å². The first-order valence-electron chi connectivity index (χ1n) is 10.3. The number of hydrogen-bond acceptors (Lipinski definition) is 4. The fraction of sp³-hybridized carbons (Fsp3) is 0.320. The molecule has 0 aliphatic carbocycles. The van der Waals surface area contributed by atoms with Gasteiger partial charge in [-0.2, -0.15) is 0 Å². The highest BCUT2D eigenvalue weighted by Gasteiger charge is 2.22. The van der Waals surface area contributed by atoms with E-state index in [1.54, 1.807) is 14.2 Å². The highest BCUT2D eigenvalue weighted by molar-refractivity contribution is 5.85. The zero-order chi connectivity index (χ0) is 20.9. The van der Waals surface area contributed by atoms with Crippen molar-refractivity contribution in [2.45, 2.75) is 13.0 Å². The Balaban J connectivity index is 1.34. The molecule has 0 atom stereocenters. The highest BCUT2D eigenvalue weighted by atomic mass is 16.5. The molecule has 1 aliphatic rings. The van der Waals surface area contributed by atoms with Gasteiger partial charge in [-0.1, -0.05) is 42.5 Å². The molecule has 4 rings (SSSR count). The molecule has 0 bridgehead atoms. The number of amides is 1. The average molecular weight is 405 g/mol. The molecule has 1 amide bonds. The second kappa shape index (κ2) is 9.18. The molecule has 1 heterocycles. The lowest BCUT2D eigenvalue weighted by Gasteiger charge is -2.35. The van der Waals surface area contributed by atoms with Crippen LogP contribution in [0.2, 0.25) is 0 Å². The molecule has 156 valence electrons. The maximum atomic E-state index is 12.8. The molecule has 0 N–H and O–H groups in total. The van der Waals surface area contributed by atoms with Crippen LogP contribution in [0.5, 0.6) is 11.5 Å². The summed E-state index contributed by atoms with van der Waals surface area (Å²) < 4.78 is 10.8. The SMILES string of the molecule is COc1ccc(OC)c(CN2CCN(C(=O)Cc3ccc4ccccc4c3)CC2)c1. The van der Waals surface area contributed by atoms with Gasteiger partial charge in [0.15, 0.2) is 0 Å². The van der Waals surface area contributed by atoms with E-state index in [9.17, 15) is 4.79 Å². The number of fused-ring (bicyclic) bond motifs is 1. The van der Waals surface area contributed by atoms with Crippen LogP contribution in [0.15, 0.2) is 60.7 Å². The number of rotatable bonds is 6. The van der Waals surface area contributed by atoms with Crippen LogP contribution in [0.1, 0.15) is 11.1 Å². The molecule has 1 fully saturated rings. The monoisotopic (exact) mass is 404 g/mol. The van der Waals surface area contributed by atoms with E-state index in [-0.39, 0.29) is 5.91 Å². The zero-order valence-corrected chi connectivity index (χ0v) is 17.6. The Morgan fingerprint density at radius 1 is 0.867 bits per heavy atom. The molecule has 1 saturated heterocycles. The Bertz CT molecular complexity index is 1030. The van der Waals surface area contributed by atoms with Gasteiger partial charge in [0.25, 0.3) is 0 Å². The van der Waals surface area contributed by atoms with Crippen molar-refractivity contribution in [1.82, 2.24) is 9.80 Å². The average Bonchev–Trinajstić information content (AvgIpc) is 2.79. The van der Waals surface area contributed by atoms with E-state index in [4.69, 9.17) is 9.47 Å². The lowest BCUT2D eigenvalue weighted by molar-refractivity contribution is -0.132. The van der Waals surface area contributed by atoms with Crippen molar-refractivity contribution in [3.05, 3.63) is 71.8 Å². The summed E-state index contributed by atoms with van der Waals surface area (Å²) in [5.41, 5.74) is 2.18. The molecule has 30 heavy (non-hydrogen) atoms. The van der Waals surface area contributed by atoms with Crippen LogP contribution in [-0.4, -0.2) is 56.1 Å². The van der Waals surface area contributed by atoms with Crippen molar-refractivity contribution in [1.29, 1.82) is 0 Å². The van der Waals surface area contributed by atoms with Crippen molar-refractivity contribution in [3.8, 4) is 11.5 Å². The summed E-state index contributed by atoms with van der Waals surface area (Å²) in [5, 5.41) is 2.38. The predicted octanol–water partition coefficient (Wildman–Crippen LogP) is 3.74. The van der Waals surface area contributed by atoms with E-state index < -0.39 is 0 Å². The second-order valence-electron chi connectivity index (χ2n) is 7.69. The minimum atomic E-state index is 0.198. The molecule has 5 heteroatoms. The summed E-state index contributed by atoms with van der Waals surface area (Å²) in [6.45, 7) is 3.98. The Hall–Kier alpha value is -3.05. The van der Waals surface area contributed by atoms with Crippen LogP contribution in [0.4, 0.5) is 0 Å². The number of carbonyl (C=O) groups excluding carboxylic acids is 1. The minimum Gasteiger partial charge on any atom is -0.497 e. The Morgan fingerprint density at radius 3 is 2.37 bits per heavy atom. The quantitative estimate of drug-likeness (QED) is 0.628. The Labute approximate surface area is 177 Å². The summed E-state index contributed by atoms with van der Waals surface area (Å²) >= 11 is 0. The van der Waals surface area contributed by atoms with Gasteiger partial charge in [-0.25, -0.2) is 0 Å². The fourth-order valence-corrected chi connectivity index (χ4v) is 4.04. The first-order valence-corrected chi connectivity index (χ1v) is 10.3. The van der Waals surface area contributed by atoms with Gasteiger partial charge in [0.05, 0.1) is 20.6 Å². The molecule has 0 aromatic heterocycles. The molecule has 3 aromatic rings. The van der Waals surface area contributed by atoms with Crippen LogP contribution in [0.3, 0.4) is 0 Å². The van der Waals surface area contributed by atoms with E-state index >= 15 is 0 Å². The number of benzene rings is 3.